The van der Waals surface area contributed by atoms with Gasteiger partial charge in [0, 0.05) is 18.5 Å². The highest BCUT2D eigenvalue weighted by Crippen LogP contribution is 2.31. The molecule has 1 aromatic rings. The molecule has 16 heavy (non-hydrogen) atoms. The number of nitrogens with one attached hydrogen (secondary N) is 2. The Bertz CT molecular complexity index is 393. The van der Waals surface area contributed by atoms with Crippen LogP contribution in [0.25, 0.3) is 0 Å². The zero-order valence-electron chi connectivity index (χ0n) is 9.75. The standard InChI is InChI=1S/C12H19N3O/c1-2-13-8-10-7-11(16)15-12(14-10)9-5-3-4-6-9/h7,9,13H,2-6,8H2,1H3,(H,14,15,16). The SMILES string of the molecule is CCNCc1cc(=O)[nH]c(C2CCCC2)n1. The number of aromatic amines is 1. The van der Waals surface area contributed by atoms with Gasteiger partial charge < -0.3 is 10.3 Å². The molecule has 88 valence electrons. The van der Waals surface area contributed by atoms with Crippen molar-refractivity contribution in [1.82, 2.24) is 15.3 Å². The molecule has 1 aromatic heterocycles. The van der Waals surface area contributed by atoms with Gasteiger partial charge >= 0.3 is 0 Å². The summed E-state index contributed by atoms with van der Waals surface area (Å²) in [4.78, 5) is 18.9. The van der Waals surface area contributed by atoms with E-state index in [1.54, 1.807) is 6.07 Å². The van der Waals surface area contributed by atoms with Gasteiger partial charge in [-0.3, -0.25) is 4.79 Å². The van der Waals surface area contributed by atoms with Crippen LogP contribution >= 0.6 is 0 Å². The van der Waals surface area contributed by atoms with Gasteiger partial charge in [-0.1, -0.05) is 19.8 Å². The Morgan fingerprint density at radius 3 is 2.94 bits per heavy atom. The van der Waals surface area contributed by atoms with Crippen molar-refractivity contribution in [2.75, 3.05) is 6.54 Å². The fourth-order valence-electron chi connectivity index (χ4n) is 2.26. The molecule has 1 aliphatic rings. The Morgan fingerprint density at radius 2 is 2.25 bits per heavy atom. The van der Waals surface area contributed by atoms with E-state index < -0.39 is 0 Å². The van der Waals surface area contributed by atoms with E-state index in [1.807, 2.05) is 6.92 Å². The topological polar surface area (TPSA) is 57.8 Å². The monoisotopic (exact) mass is 221 g/mol. The summed E-state index contributed by atoms with van der Waals surface area (Å²) in [5.41, 5.74) is 0.831. The quantitative estimate of drug-likeness (QED) is 0.810. The maximum atomic E-state index is 11.5. The van der Waals surface area contributed by atoms with Crippen LogP contribution in [0, 0.1) is 0 Å². The molecule has 0 amide bonds. The Kier molecular flexibility index (Phi) is 3.72. The number of hydrogen-bond acceptors (Lipinski definition) is 3. The molecule has 0 aromatic carbocycles. The second-order valence-electron chi connectivity index (χ2n) is 4.38. The molecule has 2 rings (SSSR count). The van der Waals surface area contributed by atoms with Crippen molar-refractivity contribution >= 4 is 0 Å². The normalized spacial score (nSPS) is 16.8. The van der Waals surface area contributed by atoms with E-state index >= 15 is 0 Å². The molecule has 0 atom stereocenters. The van der Waals surface area contributed by atoms with Crippen LogP contribution < -0.4 is 10.9 Å². The first-order valence-electron chi connectivity index (χ1n) is 6.10. The minimum atomic E-state index is -0.0233. The van der Waals surface area contributed by atoms with Crippen LogP contribution in [0.3, 0.4) is 0 Å². The van der Waals surface area contributed by atoms with E-state index in [1.165, 1.54) is 12.8 Å². The summed E-state index contributed by atoms with van der Waals surface area (Å²) >= 11 is 0. The summed E-state index contributed by atoms with van der Waals surface area (Å²) in [6.45, 7) is 3.62. The molecule has 1 heterocycles. The van der Waals surface area contributed by atoms with Crippen LogP contribution in [-0.4, -0.2) is 16.5 Å². The van der Waals surface area contributed by atoms with Gasteiger partial charge in [0.05, 0.1) is 5.69 Å². The van der Waals surface area contributed by atoms with Crippen molar-refractivity contribution in [3.05, 3.63) is 27.9 Å². The average molecular weight is 221 g/mol. The van der Waals surface area contributed by atoms with Gasteiger partial charge in [-0.2, -0.15) is 0 Å². The fraction of sp³-hybridized carbons (Fsp3) is 0.667. The van der Waals surface area contributed by atoms with Gasteiger partial charge in [0.1, 0.15) is 5.82 Å². The average Bonchev–Trinajstić information content (AvgIpc) is 2.79. The summed E-state index contributed by atoms with van der Waals surface area (Å²) in [6.07, 6.45) is 4.83. The highest BCUT2D eigenvalue weighted by Gasteiger charge is 2.19. The molecule has 0 bridgehead atoms. The molecule has 2 N–H and O–H groups in total. The first-order valence-corrected chi connectivity index (χ1v) is 6.10. The molecule has 4 nitrogen and oxygen atoms in total. The van der Waals surface area contributed by atoms with E-state index in [0.29, 0.717) is 12.5 Å². The molecular formula is C12H19N3O. The number of nitrogens with zero attached hydrogens (tertiary/aromatic N) is 1. The number of hydrogen-bond donors (Lipinski definition) is 2. The Labute approximate surface area is 95.5 Å². The lowest BCUT2D eigenvalue weighted by atomic mass is 10.1. The van der Waals surface area contributed by atoms with E-state index in [9.17, 15) is 4.79 Å². The molecule has 0 spiro atoms. The Hall–Kier alpha value is -1.16. The predicted molar refractivity (Wildman–Crippen MR) is 63.4 cm³/mol. The van der Waals surface area contributed by atoms with Crippen LogP contribution in [0.2, 0.25) is 0 Å². The smallest absolute Gasteiger partial charge is 0.251 e. The van der Waals surface area contributed by atoms with Crippen molar-refractivity contribution in [1.29, 1.82) is 0 Å². The molecule has 1 fully saturated rings. The number of H-pyrrole nitrogens is 1. The van der Waals surface area contributed by atoms with Crippen LogP contribution in [0.5, 0.6) is 0 Å². The highest BCUT2D eigenvalue weighted by molar-refractivity contribution is 5.07. The van der Waals surface area contributed by atoms with Gasteiger partial charge in [-0.05, 0) is 19.4 Å². The van der Waals surface area contributed by atoms with Gasteiger partial charge in [-0.25, -0.2) is 4.98 Å². The van der Waals surface area contributed by atoms with E-state index in [4.69, 9.17) is 0 Å². The Morgan fingerprint density at radius 1 is 1.50 bits per heavy atom. The molecule has 0 radical (unpaired) electrons. The maximum Gasteiger partial charge on any atom is 0.251 e. The third-order valence-corrected chi connectivity index (χ3v) is 3.11. The molecular weight excluding hydrogens is 202 g/mol. The minimum absolute atomic E-state index is 0.0233. The van der Waals surface area contributed by atoms with Gasteiger partial charge in [0.15, 0.2) is 0 Å². The second kappa shape index (κ2) is 5.25. The van der Waals surface area contributed by atoms with Gasteiger partial charge in [0.2, 0.25) is 0 Å². The highest BCUT2D eigenvalue weighted by atomic mass is 16.1. The largest absolute Gasteiger partial charge is 0.311 e. The van der Waals surface area contributed by atoms with Crippen molar-refractivity contribution < 1.29 is 0 Å². The lowest BCUT2D eigenvalue weighted by Gasteiger charge is -2.09. The zero-order chi connectivity index (χ0) is 11.4. The van der Waals surface area contributed by atoms with Crippen molar-refractivity contribution in [3.8, 4) is 0 Å². The van der Waals surface area contributed by atoms with Crippen molar-refractivity contribution in [2.24, 2.45) is 0 Å². The van der Waals surface area contributed by atoms with E-state index in [0.717, 1.165) is 30.9 Å². The fourth-order valence-corrected chi connectivity index (χ4v) is 2.26. The van der Waals surface area contributed by atoms with Crippen LogP contribution in [0.4, 0.5) is 0 Å². The Balaban J connectivity index is 2.17. The van der Waals surface area contributed by atoms with E-state index in [-0.39, 0.29) is 5.56 Å². The summed E-state index contributed by atoms with van der Waals surface area (Å²) < 4.78 is 0. The second-order valence-corrected chi connectivity index (χ2v) is 4.38. The molecule has 4 heteroatoms. The van der Waals surface area contributed by atoms with Gasteiger partial charge in [0.25, 0.3) is 5.56 Å². The minimum Gasteiger partial charge on any atom is -0.311 e. The lowest BCUT2D eigenvalue weighted by Crippen LogP contribution is -2.19. The molecule has 0 unspecified atom stereocenters. The summed E-state index contributed by atoms with van der Waals surface area (Å²) in [7, 11) is 0. The molecule has 0 saturated heterocycles. The maximum absolute atomic E-state index is 11.5. The third kappa shape index (κ3) is 2.70. The molecule has 1 saturated carbocycles. The first kappa shape index (κ1) is 11.3. The molecule has 1 aliphatic carbocycles. The summed E-state index contributed by atoms with van der Waals surface area (Å²) in [5.74, 6) is 1.35. The van der Waals surface area contributed by atoms with Crippen LogP contribution in [0.1, 0.15) is 50.0 Å². The zero-order valence-corrected chi connectivity index (χ0v) is 9.75. The predicted octanol–water partition coefficient (Wildman–Crippen LogP) is 1.54. The van der Waals surface area contributed by atoms with E-state index in [2.05, 4.69) is 15.3 Å². The number of aromatic nitrogens is 2. The summed E-state index contributed by atoms with van der Waals surface area (Å²) in [6, 6.07) is 1.58. The third-order valence-electron chi connectivity index (χ3n) is 3.11. The summed E-state index contributed by atoms with van der Waals surface area (Å²) in [5, 5.41) is 3.19. The van der Waals surface area contributed by atoms with Crippen molar-refractivity contribution in [3.63, 3.8) is 0 Å². The van der Waals surface area contributed by atoms with Crippen molar-refractivity contribution in [2.45, 2.75) is 45.1 Å². The number of rotatable bonds is 4. The van der Waals surface area contributed by atoms with Crippen LogP contribution in [0.15, 0.2) is 10.9 Å². The lowest BCUT2D eigenvalue weighted by molar-refractivity contribution is 0.640. The van der Waals surface area contributed by atoms with Gasteiger partial charge in [-0.15, -0.1) is 0 Å². The molecule has 0 aliphatic heterocycles. The van der Waals surface area contributed by atoms with Crippen LogP contribution in [-0.2, 0) is 6.54 Å². The first-order chi connectivity index (χ1) is 7.79.